The van der Waals surface area contributed by atoms with Crippen LogP contribution in [0, 0.1) is 11.3 Å². The summed E-state index contributed by atoms with van der Waals surface area (Å²) in [4.78, 5) is 35.9. The molecule has 0 aliphatic rings. The average molecular weight is 662 g/mol. The second-order valence-electron chi connectivity index (χ2n) is 11.7. The topological polar surface area (TPSA) is 149 Å². The van der Waals surface area contributed by atoms with Gasteiger partial charge in [-0.05, 0) is 62.6 Å². The second kappa shape index (κ2) is 13.1. The number of nitriles is 1. The number of amides is 1. The maximum absolute atomic E-state index is 14.2. The van der Waals surface area contributed by atoms with E-state index < -0.39 is 35.0 Å². The Hall–Kier alpha value is -5.78. The molecule has 0 fully saturated rings. The third-order valence-electron chi connectivity index (χ3n) is 7.00. The molecule has 0 N–H and O–H groups in total. The highest BCUT2D eigenvalue weighted by molar-refractivity contribution is 5.95. The van der Waals surface area contributed by atoms with Gasteiger partial charge in [-0.15, -0.1) is 10.2 Å². The number of alkyl halides is 3. The number of benzene rings is 2. The number of hydrogen-bond donors (Lipinski definition) is 0. The van der Waals surface area contributed by atoms with Crippen molar-refractivity contribution >= 4 is 29.0 Å². The summed E-state index contributed by atoms with van der Waals surface area (Å²) in [5.74, 6) is -0.704. The number of carbonyl (C=O) groups excluding carboxylic acids is 2. The maximum Gasteiger partial charge on any atom is 0.420 e. The van der Waals surface area contributed by atoms with Crippen molar-refractivity contribution in [1.29, 1.82) is 5.26 Å². The number of aromatic nitrogens is 5. The first-order valence-electron chi connectivity index (χ1n) is 14.6. The van der Waals surface area contributed by atoms with Gasteiger partial charge >= 0.3 is 18.2 Å². The van der Waals surface area contributed by atoms with Crippen LogP contribution >= 0.6 is 0 Å². The van der Waals surface area contributed by atoms with Gasteiger partial charge in [0.25, 0.3) is 0 Å². The van der Waals surface area contributed by atoms with Gasteiger partial charge in [-0.25, -0.2) is 19.6 Å². The number of methoxy groups -OCH3 is 1. The zero-order chi connectivity index (χ0) is 34.8. The average Bonchev–Trinajstić information content (AvgIpc) is 3.66. The molecule has 5 rings (SSSR count). The van der Waals surface area contributed by atoms with Gasteiger partial charge in [0.15, 0.2) is 11.4 Å². The van der Waals surface area contributed by atoms with Gasteiger partial charge in [-0.1, -0.05) is 24.3 Å². The Morgan fingerprint density at radius 2 is 1.79 bits per heavy atom. The Labute approximate surface area is 272 Å². The summed E-state index contributed by atoms with van der Waals surface area (Å²) in [7, 11) is 2.82. The highest BCUT2D eigenvalue weighted by Crippen LogP contribution is 2.39. The first kappa shape index (κ1) is 33.6. The largest absolute Gasteiger partial charge is 0.465 e. The minimum absolute atomic E-state index is 0.0203. The molecule has 0 bridgehead atoms. The van der Waals surface area contributed by atoms with E-state index in [1.165, 1.54) is 11.2 Å². The van der Waals surface area contributed by atoms with Gasteiger partial charge in [0.1, 0.15) is 34.5 Å². The van der Waals surface area contributed by atoms with Crippen LogP contribution in [0.1, 0.15) is 49.5 Å². The lowest BCUT2D eigenvalue weighted by Gasteiger charge is -2.27. The van der Waals surface area contributed by atoms with Crippen molar-refractivity contribution in [2.24, 2.45) is 7.05 Å². The molecule has 248 valence electrons. The lowest BCUT2D eigenvalue weighted by molar-refractivity contribution is -0.136. The first-order valence-corrected chi connectivity index (χ1v) is 14.6. The van der Waals surface area contributed by atoms with Crippen LogP contribution in [0.15, 0.2) is 59.3 Å². The highest BCUT2D eigenvalue weighted by Gasteiger charge is 2.36. The van der Waals surface area contributed by atoms with Crippen LogP contribution in [-0.2, 0) is 22.7 Å². The van der Waals surface area contributed by atoms with Crippen LogP contribution in [-0.4, -0.2) is 56.1 Å². The van der Waals surface area contributed by atoms with Crippen LogP contribution in [0.25, 0.3) is 45.2 Å². The van der Waals surface area contributed by atoms with E-state index in [0.29, 0.717) is 28.6 Å². The van der Waals surface area contributed by atoms with Crippen molar-refractivity contribution in [2.75, 3.05) is 18.6 Å². The SMILES string of the molecule is COC(=O)c1cc(C(F)(F)F)c2oc(-c3cc(-c4ccccc4-c4nncn4C)cc(N(CCCC#N)C(=O)OC(C)(C)C)n3)nc2c1. The van der Waals surface area contributed by atoms with E-state index in [0.717, 1.165) is 13.2 Å². The summed E-state index contributed by atoms with van der Waals surface area (Å²) in [5.41, 5.74) is -1.60. The highest BCUT2D eigenvalue weighted by atomic mass is 19.4. The van der Waals surface area contributed by atoms with E-state index in [4.69, 9.17) is 9.15 Å². The summed E-state index contributed by atoms with van der Waals surface area (Å²) in [5, 5.41) is 17.4. The van der Waals surface area contributed by atoms with Gasteiger partial charge < -0.3 is 18.5 Å². The molecule has 0 aliphatic heterocycles. The molecular weight excluding hydrogens is 631 g/mol. The first-order chi connectivity index (χ1) is 22.7. The Morgan fingerprint density at radius 1 is 1.06 bits per heavy atom. The van der Waals surface area contributed by atoms with E-state index in [2.05, 4.69) is 24.9 Å². The number of ether oxygens (including phenoxy) is 2. The molecule has 0 saturated heterocycles. The van der Waals surface area contributed by atoms with E-state index in [1.807, 2.05) is 18.2 Å². The molecule has 0 spiro atoms. The van der Waals surface area contributed by atoms with Crippen LogP contribution in [0.4, 0.5) is 23.8 Å². The van der Waals surface area contributed by atoms with Gasteiger partial charge in [0.2, 0.25) is 5.89 Å². The molecule has 3 heterocycles. The van der Waals surface area contributed by atoms with Crippen molar-refractivity contribution in [3.05, 3.63) is 66.0 Å². The molecule has 2 aromatic carbocycles. The smallest absolute Gasteiger partial charge is 0.420 e. The van der Waals surface area contributed by atoms with Crippen molar-refractivity contribution in [1.82, 2.24) is 24.7 Å². The summed E-state index contributed by atoms with van der Waals surface area (Å²) < 4.78 is 60.2. The van der Waals surface area contributed by atoms with Crippen LogP contribution in [0.3, 0.4) is 0 Å². The minimum atomic E-state index is -4.90. The monoisotopic (exact) mass is 661 g/mol. The van der Waals surface area contributed by atoms with Gasteiger partial charge in [0, 0.05) is 25.6 Å². The zero-order valence-corrected chi connectivity index (χ0v) is 26.6. The van der Waals surface area contributed by atoms with Gasteiger partial charge in [-0.3, -0.25) is 4.90 Å². The molecule has 15 heteroatoms. The predicted octanol–water partition coefficient (Wildman–Crippen LogP) is 7.20. The number of oxazole rings is 1. The third-order valence-corrected chi connectivity index (χ3v) is 7.00. The molecule has 12 nitrogen and oxygen atoms in total. The van der Waals surface area contributed by atoms with E-state index in [1.54, 1.807) is 56.7 Å². The molecule has 0 atom stereocenters. The van der Waals surface area contributed by atoms with E-state index in [9.17, 15) is 28.0 Å². The lowest BCUT2D eigenvalue weighted by Crippen LogP contribution is -2.38. The van der Waals surface area contributed by atoms with Gasteiger partial charge in [-0.2, -0.15) is 18.4 Å². The Balaban J connectivity index is 1.77. The molecule has 48 heavy (non-hydrogen) atoms. The Kier molecular flexibility index (Phi) is 9.20. The standard InChI is InChI=1S/C33H30F3N7O5/c1-32(2,3)48-31(45)43(13-9-8-12-37)26-17-19(21-10-6-7-11-22(21)28-41-38-18-42(28)4)15-25(39-26)29-40-24-16-20(30(44)46-5)14-23(27(24)47-29)33(34,35)36/h6-7,10-11,14-18H,8-9,13H2,1-5H3. The number of fused-ring (bicyclic) bond motifs is 1. The summed E-state index contributed by atoms with van der Waals surface area (Å²) in [6.07, 6.45) is -3.70. The molecule has 0 saturated carbocycles. The molecule has 5 aromatic rings. The molecule has 0 aliphatic carbocycles. The summed E-state index contributed by atoms with van der Waals surface area (Å²) in [6, 6.07) is 14.2. The van der Waals surface area contributed by atoms with E-state index >= 15 is 0 Å². The van der Waals surface area contributed by atoms with Crippen molar-refractivity contribution < 1.29 is 36.7 Å². The molecule has 1 amide bonds. The predicted molar refractivity (Wildman–Crippen MR) is 167 cm³/mol. The van der Waals surface area contributed by atoms with Crippen LogP contribution in [0.2, 0.25) is 0 Å². The fourth-order valence-electron chi connectivity index (χ4n) is 4.90. The number of rotatable bonds is 8. The number of unbranched alkanes of at least 4 members (excludes halogenated alkanes) is 1. The van der Waals surface area contributed by atoms with Crippen molar-refractivity contribution in [3.8, 4) is 40.2 Å². The number of carbonyl (C=O) groups is 2. The number of halogens is 3. The Bertz CT molecular complexity index is 2040. The molecule has 0 radical (unpaired) electrons. The Morgan fingerprint density at radius 3 is 2.42 bits per heavy atom. The maximum atomic E-state index is 14.2. The third kappa shape index (κ3) is 7.12. The second-order valence-corrected chi connectivity index (χ2v) is 11.7. The number of nitrogens with zero attached hydrogens (tertiary/aromatic N) is 7. The number of pyridine rings is 1. The molecule has 0 unspecified atom stereocenters. The van der Waals surface area contributed by atoms with Crippen molar-refractivity contribution in [2.45, 2.75) is 45.4 Å². The van der Waals surface area contributed by atoms with Gasteiger partial charge in [0.05, 0.1) is 18.7 Å². The van der Waals surface area contributed by atoms with Crippen molar-refractivity contribution in [3.63, 3.8) is 0 Å². The molecule has 3 aromatic heterocycles. The van der Waals surface area contributed by atoms with Crippen LogP contribution < -0.4 is 4.90 Å². The minimum Gasteiger partial charge on any atom is -0.465 e. The number of anilines is 1. The normalized spacial score (nSPS) is 11.7. The van der Waals surface area contributed by atoms with E-state index in [-0.39, 0.29) is 47.9 Å². The number of esters is 1. The fourth-order valence-corrected chi connectivity index (χ4v) is 4.90. The van der Waals surface area contributed by atoms with Crippen LogP contribution in [0.5, 0.6) is 0 Å². The summed E-state index contributed by atoms with van der Waals surface area (Å²) in [6.45, 7) is 5.13. The molecular formula is C33H30F3N7O5. The number of hydrogen-bond acceptors (Lipinski definition) is 10. The number of aryl methyl sites for hydroxylation is 1. The fraction of sp³-hybridized carbons (Fsp3) is 0.303. The quantitative estimate of drug-likeness (QED) is 0.123. The zero-order valence-electron chi connectivity index (χ0n) is 26.6. The lowest BCUT2D eigenvalue weighted by atomic mass is 9.99. The summed E-state index contributed by atoms with van der Waals surface area (Å²) >= 11 is 0.